The highest BCUT2D eigenvalue weighted by Crippen LogP contribution is 2.44. The van der Waals surface area contributed by atoms with Gasteiger partial charge in [-0.3, -0.25) is 0 Å². The SMILES string of the molecule is C[C@@H](Oc1ccc2c(Nc3ccc(Cl)nc3)nccc2c1)C1(F)CC1. The van der Waals surface area contributed by atoms with Gasteiger partial charge in [-0.25, -0.2) is 14.4 Å². The molecule has 1 saturated carbocycles. The molecule has 1 fully saturated rings. The van der Waals surface area contributed by atoms with E-state index in [2.05, 4.69) is 15.3 Å². The maximum absolute atomic E-state index is 14.1. The fraction of sp³-hybridized carbons (Fsp3) is 0.263. The van der Waals surface area contributed by atoms with Crippen molar-refractivity contribution in [3.8, 4) is 5.75 Å². The predicted molar refractivity (Wildman–Crippen MR) is 97.4 cm³/mol. The zero-order valence-corrected chi connectivity index (χ0v) is 14.4. The normalized spacial score (nSPS) is 16.4. The molecular weight excluding hydrogens is 341 g/mol. The van der Waals surface area contributed by atoms with Crippen molar-refractivity contribution in [1.82, 2.24) is 9.97 Å². The maximum Gasteiger partial charge on any atom is 0.147 e. The van der Waals surface area contributed by atoms with Crippen LogP contribution in [0, 0.1) is 0 Å². The zero-order valence-electron chi connectivity index (χ0n) is 13.7. The third-order valence-electron chi connectivity index (χ3n) is 4.50. The number of halogens is 2. The van der Waals surface area contributed by atoms with E-state index in [-0.39, 0.29) is 0 Å². The van der Waals surface area contributed by atoms with Crippen LogP contribution in [0.4, 0.5) is 15.9 Å². The van der Waals surface area contributed by atoms with Crippen molar-refractivity contribution in [3.63, 3.8) is 0 Å². The first kappa shape index (κ1) is 16.1. The number of hydrogen-bond donors (Lipinski definition) is 1. The standard InChI is InChI=1S/C19H17ClFN3O/c1-12(19(21)7-8-19)25-15-3-4-16-13(10-15)6-9-22-18(16)24-14-2-5-17(20)23-11-14/h2-6,9-12H,7-8H2,1H3,(H,22,24)/t12-/m1/s1. The number of benzene rings is 1. The molecule has 128 valence electrons. The molecule has 0 aliphatic heterocycles. The number of nitrogens with one attached hydrogen (secondary N) is 1. The second kappa shape index (κ2) is 6.15. The Morgan fingerprint density at radius 1 is 1.20 bits per heavy atom. The lowest BCUT2D eigenvalue weighted by atomic mass is 10.1. The lowest BCUT2D eigenvalue weighted by Gasteiger charge is -2.18. The van der Waals surface area contributed by atoms with E-state index in [1.807, 2.05) is 30.3 Å². The van der Waals surface area contributed by atoms with Crippen LogP contribution in [-0.2, 0) is 0 Å². The van der Waals surface area contributed by atoms with Gasteiger partial charge in [-0.1, -0.05) is 11.6 Å². The van der Waals surface area contributed by atoms with Crippen molar-refractivity contribution in [2.75, 3.05) is 5.32 Å². The lowest BCUT2D eigenvalue weighted by Crippen LogP contribution is -2.26. The van der Waals surface area contributed by atoms with Gasteiger partial charge in [-0.15, -0.1) is 0 Å². The van der Waals surface area contributed by atoms with Crippen molar-refractivity contribution in [1.29, 1.82) is 0 Å². The van der Waals surface area contributed by atoms with Crippen molar-refractivity contribution < 1.29 is 9.13 Å². The second-order valence-corrected chi connectivity index (χ2v) is 6.72. The Morgan fingerprint density at radius 2 is 2.04 bits per heavy atom. The molecule has 1 atom stereocenters. The van der Waals surface area contributed by atoms with Crippen molar-refractivity contribution in [2.45, 2.75) is 31.5 Å². The monoisotopic (exact) mass is 357 g/mol. The highest BCUT2D eigenvalue weighted by atomic mass is 35.5. The number of anilines is 2. The van der Waals surface area contributed by atoms with Gasteiger partial charge in [0.15, 0.2) is 0 Å². The minimum absolute atomic E-state index is 0.439. The third-order valence-corrected chi connectivity index (χ3v) is 4.72. The van der Waals surface area contributed by atoms with Gasteiger partial charge in [0, 0.05) is 11.6 Å². The highest BCUT2D eigenvalue weighted by Gasteiger charge is 2.49. The molecule has 1 aliphatic rings. The van der Waals surface area contributed by atoms with Gasteiger partial charge in [0.1, 0.15) is 28.5 Å². The Kier molecular flexibility index (Phi) is 3.96. The van der Waals surface area contributed by atoms with Crippen molar-refractivity contribution in [2.24, 2.45) is 0 Å². The summed E-state index contributed by atoms with van der Waals surface area (Å²) >= 11 is 5.81. The highest BCUT2D eigenvalue weighted by molar-refractivity contribution is 6.29. The molecule has 3 aromatic rings. The predicted octanol–water partition coefficient (Wildman–Crippen LogP) is 5.30. The molecule has 2 aromatic heterocycles. The summed E-state index contributed by atoms with van der Waals surface area (Å²) in [6, 6.07) is 11.1. The fourth-order valence-electron chi connectivity index (χ4n) is 2.75. The number of ether oxygens (including phenoxy) is 1. The summed E-state index contributed by atoms with van der Waals surface area (Å²) in [5.41, 5.74) is -0.368. The van der Waals surface area contributed by atoms with Gasteiger partial charge < -0.3 is 10.1 Å². The number of nitrogens with zero attached hydrogens (tertiary/aromatic N) is 2. The summed E-state index contributed by atoms with van der Waals surface area (Å²) in [5.74, 6) is 1.37. The summed E-state index contributed by atoms with van der Waals surface area (Å²) in [6.07, 6.45) is 4.09. The first-order chi connectivity index (χ1) is 12.0. The van der Waals surface area contributed by atoms with Gasteiger partial charge >= 0.3 is 0 Å². The fourth-order valence-corrected chi connectivity index (χ4v) is 2.86. The quantitative estimate of drug-likeness (QED) is 0.630. The Balaban J connectivity index is 1.60. The molecule has 0 saturated heterocycles. The van der Waals surface area contributed by atoms with Gasteiger partial charge in [0.05, 0.1) is 11.9 Å². The molecule has 0 amide bonds. The molecule has 0 spiro atoms. The Hall–Kier alpha value is -2.40. The second-order valence-electron chi connectivity index (χ2n) is 6.33. The number of fused-ring (bicyclic) bond motifs is 1. The van der Waals surface area contributed by atoms with E-state index in [1.165, 1.54) is 0 Å². The maximum atomic E-state index is 14.1. The molecule has 25 heavy (non-hydrogen) atoms. The number of alkyl halides is 1. The van der Waals surface area contributed by atoms with Crippen LogP contribution in [0.2, 0.25) is 5.15 Å². The van der Waals surface area contributed by atoms with Crippen LogP contribution in [0.15, 0.2) is 48.8 Å². The summed E-state index contributed by atoms with van der Waals surface area (Å²) in [7, 11) is 0. The van der Waals surface area contributed by atoms with Crippen LogP contribution in [0.25, 0.3) is 10.8 Å². The average Bonchev–Trinajstić information content (AvgIpc) is 3.36. The molecule has 6 heteroatoms. The first-order valence-corrected chi connectivity index (χ1v) is 8.54. The van der Waals surface area contributed by atoms with E-state index in [4.69, 9.17) is 16.3 Å². The molecule has 0 radical (unpaired) electrons. The van der Waals surface area contributed by atoms with Gasteiger partial charge in [0.25, 0.3) is 0 Å². The van der Waals surface area contributed by atoms with E-state index in [1.54, 1.807) is 25.4 Å². The first-order valence-electron chi connectivity index (χ1n) is 8.16. The van der Waals surface area contributed by atoms with E-state index in [9.17, 15) is 4.39 Å². The van der Waals surface area contributed by atoms with E-state index >= 15 is 0 Å². The molecule has 4 rings (SSSR count). The Morgan fingerprint density at radius 3 is 2.76 bits per heavy atom. The molecule has 0 bridgehead atoms. The Labute approximate surface area is 150 Å². The molecule has 4 nitrogen and oxygen atoms in total. The summed E-state index contributed by atoms with van der Waals surface area (Å²) in [4.78, 5) is 8.44. The number of pyridine rings is 2. The van der Waals surface area contributed by atoms with Crippen LogP contribution >= 0.6 is 11.6 Å². The van der Waals surface area contributed by atoms with Crippen molar-refractivity contribution in [3.05, 3.63) is 53.9 Å². The number of aromatic nitrogens is 2. The third kappa shape index (κ3) is 3.37. The average molecular weight is 358 g/mol. The van der Waals surface area contributed by atoms with Crippen LogP contribution in [0.1, 0.15) is 19.8 Å². The molecule has 1 aliphatic carbocycles. The van der Waals surface area contributed by atoms with Crippen LogP contribution in [0.5, 0.6) is 5.75 Å². The molecule has 0 unspecified atom stereocenters. The van der Waals surface area contributed by atoms with Gasteiger partial charge in [-0.05, 0) is 61.5 Å². The van der Waals surface area contributed by atoms with Crippen LogP contribution in [-0.4, -0.2) is 21.7 Å². The summed E-state index contributed by atoms with van der Waals surface area (Å²) < 4.78 is 19.8. The van der Waals surface area contributed by atoms with Crippen molar-refractivity contribution >= 4 is 33.9 Å². The van der Waals surface area contributed by atoms with E-state index in [0.29, 0.717) is 29.6 Å². The zero-order chi connectivity index (χ0) is 17.4. The van der Waals surface area contributed by atoms with Gasteiger partial charge in [0.2, 0.25) is 0 Å². The van der Waals surface area contributed by atoms with E-state index < -0.39 is 11.8 Å². The molecule has 2 heterocycles. The van der Waals surface area contributed by atoms with E-state index in [0.717, 1.165) is 16.5 Å². The number of hydrogen-bond acceptors (Lipinski definition) is 4. The van der Waals surface area contributed by atoms with Crippen LogP contribution < -0.4 is 10.1 Å². The lowest BCUT2D eigenvalue weighted by molar-refractivity contribution is 0.0972. The molecule has 1 aromatic carbocycles. The topological polar surface area (TPSA) is 47.0 Å². The molecular formula is C19H17ClFN3O. The van der Waals surface area contributed by atoms with Crippen LogP contribution in [0.3, 0.4) is 0 Å². The summed E-state index contributed by atoms with van der Waals surface area (Å²) in [6.45, 7) is 1.78. The largest absolute Gasteiger partial charge is 0.487 e. The molecule has 1 N–H and O–H groups in total. The minimum Gasteiger partial charge on any atom is -0.487 e. The Bertz CT molecular complexity index is 912. The van der Waals surface area contributed by atoms with Gasteiger partial charge in [-0.2, -0.15) is 0 Å². The smallest absolute Gasteiger partial charge is 0.147 e. The number of rotatable bonds is 5. The minimum atomic E-state index is -1.17. The summed E-state index contributed by atoms with van der Waals surface area (Å²) in [5, 5.41) is 5.58.